The number of fused-ring (bicyclic) bond motifs is 4. The van der Waals surface area contributed by atoms with Crippen LogP contribution in [0.15, 0.2) is 97.1 Å². The maximum Gasteiger partial charge on any atom is 0.416 e. The van der Waals surface area contributed by atoms with Gasteiger partial charge in [-0.2, -0.15) is 26.3 Å². The smallest absolute Gasteiger partial charge is 0.342 e. The molecule has 1 heterocycles. The van der Waals surface area contributed by atoms with Crippen LogP contribution in [0.4, 0.5) is 26.3 Å². The number of halogens is 6. The summed E-state index contributed by atoms with van der Waals surface area (Å²) in [5, 5.41) is 0. The van der Waals surface area contributed by atoms with Crippen LogP contribution < -0.4 is 0 Å². The molecule has 0 amide bonds. The molecule has 47 heavy (non-hydrogen) atoms. The van der Waals surface area contributed by atoms with E-state index in [4.69, 9.17) is 4.74 Å². The van der Waals surface area contributed by atoms with E-state index < -0.39 is 47.0 Å². The van der Waals surface area contributed by atoms with Crippen LogP contribution in [0.25, 0.3) is 11.6 Å². The molecule has 3 atom stereocenters. The van der Waals surface area contributed by atoms with Gasteiger partial charge in [-0.3, -0.25) is 9.69 Å². The molecule has 0 unspecified atom stereocenters. The highest BCUT2D eigenvalue weighted by atomic mass is 19.4. The van der Waals surface area contributed by atoms with Crippen LogP contribution >= 0.6 is 0 Å². The summed E-state index contributed by atoms with van der Waals surface area (Å²) >= 11 is 0. The van der Waals surface area contributed by atoms with Crippen LogP contribution in [0.1, 0.15) is 89.1 Å². The number of benzene rings is 4. The van der Waals surface area contributed by atoms with Gasteiger partial charge in [0.25, 0.3) is 0 Å². The number of alkyl halides is 6. The Balaban J connectivity index is 1.67. The Bertz CT molecular complexity index is 1810. The molecule has 3 nitrogen and oxygen atoms in total. The van der Waals surface area contributed by atoms with Crippen molar-refractivity contribution in [2.24, 2.45) is 0 Å². The highest BCUT2D eigenvalue weighted by Gasteiger charge is 2.57. The molecule has 1 aliphatic heterocycles. The average molecular weight is 650 g/mol. The molecule has 0 aromatic heterocycles. The Morgan fingerprint density at radius 3 is 1.77 bits per heavy atom. The van der Waals surface area contributed by atoms with Crippen molar-refractivity contribution in [3.05, 3.63) is 142 Å². The maximum atomic E-state index is 14.9. The van der Waals surface area contributed by atoms with E-state index in [2.05, 4.69) is 4.90 Å². The van der Waals surface area contributed by atoms with E-state index in [-0.39, 0.29) is 17.6 Å². The van der Waals surface area contributed by atoms with Crippen LogP contribution in [0, 0.1) is 0 Å². The molecule has 0 fully saturated rings. The van der Waals surface area contributed by atoms with E-state index in [0.717, 1.165) is 47.5 Å². The van der Waals surface area contributed by atoms with E-state index in [9.17, 15) is 31.1 Å². The first-order chi connectivity index (χ1) is 22.1. The van der Waals surface area contributed by atoms with Gasteiger partial charge in [0.1, 0.15) is 11.8 Å². The maximum absolute atomic E-state index is 14.9. The normalized spacial score (nSPS) is 20.9. The number of rotatable bonds is 6. The largest absolute Gasteiger partial charge is 0.416 e. The van der Waals surface area contributed by atoms with Crippen molar-refractivity contribution in [3.8, 4) is 0 Å². The fourth-order valence-corrected chi connectivity index (χ4v) is 7.12. The van der Waals surface area contributed by atoms with Crippen LogP contribution in [0.2, 0.25) is 0 Å². The monoisotopic (exact) mass is 649 g/mol. The van der Waals surface area contributed by atoms with Crippen molar-refractivity contribution in [2.45, 2.75) is 69.9 Å². The molecule has 2 aliphatic rings. The van der Waals surface area contributed by atoms with Gasteiger partial charge in [0.05, 0.1) is 17.0 Å². The van der Waals surface area contributed by atoms with Crippen LogP contribution in [-0.2, 0) is 22.7 Å². The fraction of sp³-hybridized carbons (Fsp3) is 0.289. The van der Waals surface area contributed by atoms with Crippen molar-refractivity contribution in [3.63, 3.8) is 0 Å². The fourth-order valence-electron chi connectivity index (χ4n) is 7.12. The average Bonchev–Trinajstić information content (AvgIpc) is 3.02. The highest BCUT2D eigenvalue weighted by molar-refractivity contribution is 6.08. The van der Waals surface area contributed by atoms with Gasteiger partial charge in [-0.1, -0.05) is 72.8 Å². The second kappa shape index (κ2) is 11.8. The zero-order valence-electron chi connectivity index (χ0n) is 26.2. The zero-order valence-corrected chi connectivity index (χ0v) is 26.2. The molecule has 244 valence electrons. The summed E-state index contributed by atoms with van der Waals surface area (Å²) in [6.07, 6.45) is -8.01. The number of ether oxygens (including phenoxy) is 1. The number of nitrogens with zero attached hydrogens (tertiary/aromatic N) is 1. The van der Waals surface area contributed by atoms with Crippen molar-refractivity contribution < 1.29 is 35.9 Å². The third-order valence-corrected chi connectivity index (χ3v) is 9.09. The highest BCUT2D eigenvalue weighted by Crippen LogP contribution is 2.61. The van der Waals surface area contributed by atoms with Crippen molar-refractivity contribution >= 4 is 17.4 Å². The predicted octanol–water partition coefficient (Wildman–Crippen LogP) is 10.3. The molecule has 9 heteroatoms. The molecule has 0 radical (unpaired) electrons. The third kappa shape index (κ3) is 5.59. The van der Waals surface area contributed by atoms with Crippen LogP contribution in [0.3, 0.4) is 0 Å². The molecular formula is C38H33F6NO2. The standard InChI is InChI=1S/C38H33F6NO2/c1-22(2)45(23(3)4)35-31-12-8-7-11-30(31)32-21-25-9-5-6-10-29(25)33(34(46)24-13-15-27(16-14-24)37(39,40)41)36(32,47-35)26-17-19-28(20-18-26)38(42,43)44/h5-23,33,35H,1-4H3/t33-,35+,36-/m0/s1. The van der Waals surface area contributed by atoms with Crippen molar-refractivity contribution in [1.29, 1.82) is 0 Å². The number of Topliss-reactive ketones (excluding diaryl/α,β-unsaturated/α-hetero) is 1. The topological polar surface area (TPSA) is 29.5 Å². The summed E-state index contributed by atoms with van der Waals surface area (Å²) in [5.74, 6) is -1.68. The number of carbonyl (C=O) groups excluding carboxylic acids is 1. The zero-order chi connectivity index (χ0) is 33.9. The molecular weight excluding hydrogens is 616 g/mol. The van der Waals surface area contributed by atoms with Crippen molar-refractivity contribution in [2.75, 3.05) is 0 Å². The lowest BCUT2D eigenvalue weighted by atomic mass is 9.62. The number of ketones is 1. The summed E-state index contributed by atoms with van der Waals surface area (Å²) in [6, 6.07) is 23.4. The number of carbonyl (C=O) groups is 1. The first-order valence-corrected chi connectivity index (χ1v) is 15.4. The third-order valence-electron chi connectivity index (χ3n) is 9.09. The lowest BCUT2D eigenvalue weighted by molar-refractivity contribution is -0.167. The predicted molar refractivity (Wildman–Crippen MR) is 168 cm³/mol. The molecule has 0 saturated carbocycles. The van der Waals surface area contributed by atoms with Gasteiger partial charge in [-0.05, 0) is 85.9 Å². The van der Waals surface area contributed by atoms with Crippen LogP contribution in [-0.4, -0.2) is 22.8 Å². The van der Waals surface area contributed by atoms with E-state index in [1.165, 1.54) is 12.1 Å². The Morgan fingerprint density at radius 2 is 1.21 bits per heavy atom. The second-order valence-corrected chi connectivity index (χ2v) is 12.6. The first kappa shape index (κ1) is 32.7. The molecule has 0 bridgehead atoms. The second-order valence-electron chi connectivity index (χ2n) is 12.6. The number of hydrogen-bond donors (Lipinski definition) is 0. The SMILES string of the molecule is CC(C)N(C(C)C)[C@@H]1O[C@@]2(c3ccc(C(F)(F)F)cc3)C(=Cc3ccccc3[C@H]2C(=O)c2ccc(C(F)(F)F)cc2)c2ccccc21. The summed E-state index contributed by atoms with van der Waals surface area (Å²) in [5.41, 5.74) is 0.388. The molecule has 0 saturated heterocycles. The summed E-state index contributed by atoms with van der Waals surface area (Å²) in [6.45, 7) is 8.07. The lowest BCUT2D eigenvalue weighted by Crippen LogP contribution is -2.52. The van der Waals surface area contributed by atoms with Gasteiger partial charge in [0, 0.05) is 23.2 Å². The van der Waals surface area contributed by atoms with Gasteiger partial charge in [0.2, 0.25) is 0 Å². The molecule has 1 aliphatic carbocycles. The van der Waals surface area contributed by atoms with Gasteiger partial charge in [0.15, 0.2) is 5.78 Å². The minimum Gasteiger partial charge on any atom is -0.342 e. The minimum absolute atomic E-state index is 0.0222. The summed E-state index contributed by atoms with van der Waals surface area (Å²) < 4.78 is 89.1. The number of hydrogen-bond acceptors (Lipinski definition) is 3. The Kier molecular flexibility index (Phi) is 8.21. The summed E-state index contributed by atoms with van der Waals surface area (Å²) in [4.78, 5) is 17.0. The molecule has 4 aromatic rings. The molecule has 0 N–H and O–H groups in total. The Labute approximate surface area is 269 Å². The van der Waals surface area contributed by atoms with Gasteiger partial charge in [-0.15, -0.1) is 0 Å². The van der Waals surface area contributed by atoms with E-state index >= 15 is 0 Å². The molecule has 6 rings (SSSR count). The quantitative estimate of drug-likeness (QED) is 0.154. The van der Waals surface area contributed by atoms with Crippen molar-refractivity contribution in [1.82, 2.24) is 4.90 Å². The van der Waals surface area contributed by atoms with E-state index in [1.807, 2.05) is 70.2 Å². The van der Waals surface area contributed by atoms with E-state index in [0.29, 0.717) is 22.3 Å². The minimum atomic E-state index is -4.60. The molecule has 0 spiro atoms. The van der Waals surface area contributed by atoms with Crippen LogP contribution in [0.5, 0.6) is 0 Å². The first-order valence-electron chi connectivity index (χ1n) is 15.4. The van der Waals surface area contributed by atoms with Gasteiger partial charge < -0.3 is 4.74 Å². The Hall–Kier alpha value is -4.21. The van der Waals surface area contributed by atoms with Gasteiger partial charge in [-0.25, -0.2) is 0 Å². The molecule has 4 aromatic carbocycles. The summed E-state index contributed by atoms with van der Waals surface area (Å²) in [7, 11) is 0. The lowest BCUT2D eigenvalue weighted by Gasteiger charge is -2.53. The Morgan fingerprint density at radius 1 is 0.702 bits per heavy atom. The van der Waals surface area contributed by atoms with Gasteiger partial charge >= 0.3 is 12.4 Å². The van der Waals surface area contributed by atoms with E-state index in [1.54, 1.807) is 12.1 Å².